The van der Waals surface area contributed by atoms with Gasteiger partial charge in [0.15, 0.2) is 0 Å². The van der Waals surface area contributed by atoms with E-state index in [0.29, 0.717) is 0 Å². The first-order valence-electron chi connectivity index (χ1n) is 9.12. The van der Waals surface area contributed by atoms with E-state index in [4.69, 9.17) is 0 Å². The predicted molar refractivity (Wildman–Crippen MR) is 88.6 cm³/mol. The third kappa shape index (κ3) is 5.81. The van der Waals surface area contributed by atoms with Crippen molar-refractivity contribution in [2.24, 2.45) is 0 Å². The summed E-state index contributed by atoms with van der Waals surface area (Å²) in [5, 5.41) is 18.7. The van der Waals surface area contributed by atoms with Crippen LogP contribution in [0.2, 0.25) is 17.5 Å². The highest BCUT2D eigenvalue weighted by Crippen LogP contribution is 2.36. The lowest BCUT2D eigenvalue weighted by molar-refractivity contribution is 0.357. The van der Waals surface area contributed by atoms with Gasteiger partial charge in [-0.3, -0.25) is 0 Å². The molecule has 0 aromatic rings. The van der Waals surface area contributed by atoms with E-state index in [1.165, 1.54) is 77.9 Å². The summed E-state index contributed by atoms with van der Waals surface area (Å²) in [6.07, 6.45) is 17.3. The molecule has 0 aromatic carbocycles. The van der Waals surface area contributed by atoms with Crippen LogP contribution in [0.25, 0.3) is 0 Å². The number of rotatable bonds is 3. The van der Waals surface area contributed by atoms with Crippen molar-refractivity contribution in [2.75, 3.05) is 0 Å². The standard InChI is InChI=1S/C16H32B2O2/c19-18(20)16-12-6-10-15(11-7-13-16)17-14-8-4-2-1-3-5-9-14/h14-17,19-20H,1-13H2. The first-order chi connectivity index (χ1) is 9.75. The maximum atomic E-state index is 9.33. The van der Waals surface area contributed by atoms with Gasteiger partial charge in [0.05, 0.1) is 0 Å². The van der Waals surface area contributed by atoms with Crippen molar-refractivity contribution in [2.45, 2.75) is 101 Å². The summed E-state index contributed by atoms with van der Waals surface area (Å²) in [7, 11) is 0.365. The SMILES string of the molecule is OB(O)C1CCCC(BC2CCCCCCC2)CCC1. The van der Waals surface area contributed by atoms with E-state index >= 15 is 0 Å². The van der Waals surface area contributed by atoms with Crippen LogP contribution < -0.4 is 0 Å². The maximum absolute atomic E-state index is 9.33. The van der Waals surface area contributed by atoms with E-state index in [0.717, 1.165) is 24.5 Å². The van der Waals surface area contributed by atoms with Crippen molar-refractivity contribution in [3.05, 3.63) is 0 Å². The Labute approximate surface area is 126 Å². The Kier molecular flexibility index (Phi) is 7.51. The number of hydrogen-bond donors (Lipinski definition) is 2. The van der Waals surface area contributed by atoms with Crippen LogP contribution in [0.15, 0.2) is 0 Å². The molecule has 2 N–H and O–H groups in total. The minimum absolute atomic E-state index is 0.136. The summed E-state index contributed by atoms with van der Waals surface area (Å²) in [6, 6.07) is 0. The first-order valence-corrected chi connectivity index (χ1v) is 9.12. The molecule has 0 unspecified atom stereocenters. The second-order valence-electron chi connectivity index (χ2n) is 7.35. The highest BCUT2D eigenvalue weighted by Gasteiger charge is 2.26. The van der Waals surface area contributed by atoms with Crippen molar-refractivity contribution in [1.29, 1.82) is 0 Å². The first kappa shape index (κ1) is 16.4. The Morgan fingerprint density at radius 2 is 1.05 bits per heavy atom. The Morgan fingerprint density at radius 1 is 0.600 bits per heavy atom. The van der Waals surface area contributed by atoms with Gasteiger partial charge in [-0.05, 0) is 5.82 Å². The average molecular weight is 278 g/mol. The molecule has 2 aliphatic rings. The van der Waals surface area contributed by atoms with Gasteiger partial charge in [0, 0.05) is 0 Å². The molecule has 0 radical (unpaired) electrons. The fourth-order valence-corrected chi connectivity index (χ4v) is 4.41. The Balaban J connectivity index is 1.72. The lowest BCUT2D eigenvalue weighted by atomic mass is 9.49. The Bertz CT molecular complexity index is 243. The predicted octanol–water partition coefficient (Wildman–Crippen LogP) is 3.94. The molecule has 2 rings (SSSR count). The minimum Gasteiger partial charge on any atom is -0.427 e. The molecule has 20 heavy (non-hydrogen) atoms. The lowest BCUT2D eigenvalue weighted by Gasteiger charge is -2.27. The van der Waals surface area contributed by atoms with Crippen LogP contribution in [0.5, 0.6) is 0 Å². The monoisotopic (exact) mass is 278 g/mol. The van der Waals surface area contributed by atoms with E-state index in [1.54, 1.807) is 0 Å². The van der Waals surface area contributed by atoms with Crippen molar-refractivity contribution in [1.82, 2.24) is 0 Å². The second-order valence-corrected chi connectivity index (χ2v) is 7.35. The fourth-order valence-electron chi connectivity index (χ4n) is 4.41. The smallest absolute Gasteiger partial charge is 0.427 e. The summed E-state index contributed by atoms with van der Waals surface area (Å²) >= 11 is 0. The highest BCUT2D eigenvalue weighted by atomic mass is 16.4. The molecule has 2 nitrogen and oxygen atoms in total. The molecule has 0 bridgehead atoms. The largest absolute Gasteiger partial charge is 0.454 e. The van der Waals surface area contributed by atoms with Crippen LogP contribution in [0.3, 0.4) is 0 Å². The fraction of sp³-hybridized carbons (Fsp3) is 1.00. The molecule has 114 valence electrons. The van der Waals surface area contributed by atoms with Gasteiger partial charge in [-0.2, -0.15) is 0 Å². The molecule has 2 aliphatic carbocycles. The third-order valence-electron chi connectivity index (χ3n) is 5.69. The van der Waals surface area contributed by atoms with Gasteiger partial charge in [-0.1, -0.05) is 95.1 Å². The Hall–Kier alpha value is 0.0499. The summed E-state index contributed by atoms with van der Waals surface area (Å²) in [5.41, 5.74) is 0. The Morgan fingerprint density at radius 3 is 1.55 bits per heavy atom. The average Bonchev–Trinajstić information content (AvgIpc) is 2.34. The van der Waals surface area contributed by atoms with Gasteiger partial charge in [0.25, 0.3) is 0 Å². The molecule has 0 atom stereocenters. The van der Waals surface area contributed by atoms with E-state index in [1.807, 2.05) is 0 Å². The lowest BCUT2D eigenvalue weighted by Crippen LogP contribution is -2.22. The summed E-state index contributed by atoms with van der Waals surface area (Å²) < 4.78 is 0. The van der Waals surface area contributed by atoms with Gasteiger partial charge >= 0.3 is 7.12 Å². The van der Waals surface area contributed by atoms with Crippen molar-refractivity contribution < 1.29 is 10.0 Å². The molecule has 0 heterocycles. The molecule has 2 saturated carbocycles. The third-order valence-corrected chi connectivity index (χ3v) is 5.69. The van der Waals surface area contributed by atoms with Crippen molar-refractivity contribution in [3.63, 3.8) is 0 Å². The topological polar surface area (TPSA) is 40.5 Å². The van der Waals surface area contributed by atoms with Gasteiger partial charge in [0.2, 0.25) is 0 Å². The molecule has 0 aliphatic heterocycles. The summed E-state index contributed by atoms with van der Waals surface area (Å²) in [5.74, 6) is 2.03. The molecule has 0 amide bonds. The molecule has 0 saturated heterocycles. The second kappa shape index (κ2) is 9.15. The van der Waals surface area contributed by atoms with E-state index in [9.17, 15) is 10.0 Å². The number of hydrogen-bond acceptors (Lipinski definition) is 2. The van der Waals surface area contributed by atoms with Gasteiger partial charge in [-0.15, -0.1) is 0 Å². The van der Waals surface area contributed by atoms with Crippen LogP contribution >= 0.6 is 0 Å². The van der Waals surface area contributed by atoms with Gasteiger partial charge < -0.3 is 10.0 Å². The summed E-state index contributed by atoms with van der Waals surface area (Å²) in [6.45, 7) is 0. The summed E-state index contributed by atoms with van der Waals surface area (Å²) in [4.78, 5) is 0. The molecule has 4 heteroatoms. The molecule has 0 spiro atoms. The quantitative estimate of drug-likeness (QED) is 0.767. The van der Waals surface area contributed by atoms with E-state index in [-0.39, 0.29) is 5.82 Å². The van der Waals surface area contributed by atoms with E-state index in [2.05, 4.69) is 0 Å². The molecular formula is C16H32B2O2. The van der Waals surface area contributed by atoms with Crippen LogP contribution in [0.4, 0.5) is 0 Å². The van der Waals surface area contributed by atoms with Gasteiger partial charge in [-0.25, -0.2) is 0 Å². The van der Waals surface area contributed by atoms with Crippen LogP contribution in [-0.2, 0) is 0 Å². The van der Waals surface area contributed by atoms with Crippen LogP contribution in [-0.4, -0.2) is 24.4 Å². The van der Waals surface area contributed by atoms with Crippen LogP contribution in [0, 0.1) is 0 Å². The normalized spacial score (nSPS) is 30.7. The van der Waals surface area contributed by atoms with Crippen LogP contribution in [0.1, 0.15) is 83.5 Å². The molecule has 2 fully saturated rings. The minimum atomic E-state index is -1.09. The zero-order valence-corrected chi connectivity index (χ0v) is 13.1. The zero-order chi connectivity index (χ0) is 14.2. The van der Waals surface area contributed by atoms with E-state index < -0.39 is 7.12 Å². The van der Waals surface area contributed by atoms with Crippen molar-refractivity contribution in [3.8, 4) is 0 Å². The highest BCUT2D eigenvalue weighted by molar-refractivity contribution is 6.43. The van der Waals surface area contributed by atoms with Crippen molar-refractivity contribution >= 4 is 14.4 Å². The molecule has 0 aromatic heterocycles. The van der Waals surface area contributed by atoms with Gasteiger partial charge in [0.1, 0.15) is 7.28 Å². The molecular weight excluding hydrogens is 246 g/mol. The zero-order valence-electron chi connectivity index (χ0n) is 13.1. The maximum Gasteiger partial charge on any atom is 0.454 e.